The van der Waals surface area contributed by atoms with Gasteiger partial charge < -0.3 is 15.3 Å². The number of fused-ring (bicyclic) bond motifs is 1. The van der Waals surface area contributed by atoms with Crippen LogP contribution in [-0.2, 0) is 0 Å². The summed E-state index contributed by atoms with van der Waals surface area (Å²) in [6, 6.07) is 7.12. The number of nitrogens with zero attached hydrogens (tertiary/aromatic N) is 3. The van der Waals surface area contributed by atoms with E-state index in [0.29, 0.717) is 41.7 Å². The number of aromatic nitrogens is 2. The van der Waals surface area contributed by atoms with Crippen LogP contribution in [0.5, 0.6) is 0 Å². The Balaban J connectivity index is 1.19. The molecule has 2 N–H and O–H groups in total. The van der Waals surface area contributed by atoms with Crippen molar-refractivity contribution in [3.63, 3.8) is 0 Å². The molecule has 2 aromatic heterocycles. The van der Waals surface area contributed by atoms with Gasteiger partial charge in [-0.15, -0.1) is 0 Å². The molecule has 36 heavy (non-hydrogen) atoms. The Morgan fingerprint density at radius 1 is 1.11 bits per heavy atom. The highest BCUT2D eigenvalue weighted by atomic mass is 19.1. The smallest absolute Gasteiger partial charge is 0.270 e. The first-order valence-corrected chi connectivity index (χ1v) is 13.0. The molecule has 0 spiro atoms. The van der Waals surface area contributed by atoms with Crippen molar-refractivity contribution in [3.05, 3.63) is 65.6 Å². The molecule has 3 unspecified atom stereocenters. The zero-order chi connectivity index (χ0) is 24.7. The summed E-state index contributed by atoms with van der Waals surface area (Å²) in [5.74, 6) is -0.0911. The number of imidazole rings is 1. The summed E-state index contributed by atoms with van der Waals surface area (Å²) >= 11 is 0. The zero-order valence-corrected chi connectivity index (χ0v) is 20.1. The van der Waals surface area contributed by atoms with Gasteiger partial charge in [0.25, 0.3) is 5.91 Å². The number of hydrogen-bond acceptors (Lipinski definition) is 4. The number of anilines is 1. The van der Waals surface area contributed by atoms with Gasteiger partial charge in [-0.3, -0.25) is 9.20 Å². The molecule has 1 saturated heterocycles. The maximum atomic E-state index is 14.6. The van der Waals surface area contributed by atoms with Crippen molar-refractivity contribution in [2.75, 3.05) is 11.4 Å². The molecule has 3 aromatic rings. The van der Waals surface area contributed by atoms with Crippen LogP contribution in [0.2, 0.25) is 0 Å². The van der Waals surface area contributed by atoms with E-state index < -0.39 is 17.2 Å². The second-order valence-corrected chi connectivity index (χ2v) is 11.7. The van der Waals surface area contributed by atoms with E-state index in [2.05, 4.69) is 15.2 Å². The van der Waals surface area contributed by atoms with Crippen LogP contribution in [0, 0.1) is 23.5 Å². The van der Waals surface area contributed by atoms with E-state index in [1.807, 2.05) is 18.3 Å². The van der Waals surface area contributed by atoms with Crippen molar-refractivity contribution in [1.29, 1.82) is 0 Å². The van der Waals surface area contributed by atoms with Crippen molar-refractivity contribution in [2.45, 2.75) is 68.5 Å². The van der Waals surface area contributed by atoms with E-state index in [1.54, 1.807) is 10.6 Å². The maximum Gasteiger partial charge on any atom is 0.270 e. The second kappa shape index (κ2) is 7.75. The Labute approximate surface area is 208 Å². The predicted octanol–water partition coefficient (Wildman–Crippen LogP) is 4.77. The van der Waals surface area contributed by atoms with Gasteiger partial charge in [-0.05, 0) is 93.5 Å². The fourth-order valence-corrected chi connectivity index (χ4v) is 8.14. The van der Waals surface area contributed by atoms with Crippen LogP contribution in [0.15, 0.2) is 42.7 Å². The molecule has 1 aromatic carbocycles. The van der Waals surface area contributed by atoms with Gasteiger partial charge in [0.2, 0.25) is 0 Å². The fraction of sp³-hybridized carbons (Fsp3) is 0.500. The highest BCUT2D eigenvalue weighted by Crippen LogP contribution is 2.57. The summed E-state index contributed by atoms with van der Waals surface area (Å²) < 4.78 is 30.3. The van der Waals surface area contributed by atoms with Crippen molar-refractivity contribution >= 4 is 17.2 Å². The Bertz CT molecular complexity index is 1360. The highest BCUT2D eigenvalue weighted by molar-refractivity contribution is 5.94. The minimum atomic E-state index is -0.652. The minimum absolute atomic E-state index is 0.181. The molecule has 188 valence electrons. The molecule has 4 bridgehead atoms. The molecule has 4 saturated carbocycles. The summed E-state index contributed by atoms with van der Waals surface area (Å²) in [7, 11) is 0. The van der Waals surface area contributed by atoms with E-state index in [4.69, 9.17) is 0 Å². The van der Waals surface area contributed by atoms with E-state index in [9.17, 15) is 18.7 Å². The first-order valence-electron chi connectivity index (χ1n) is 13.0. The van der Waals surface area contributed by atoms with Crippen LogP contribution < -0.4 is 10.2 Å². The Hall–Kier alpha value is -3.00. The van der Waals surface area contributed by atoms with Crippen molar-refractivity contribution < 1.29 is 18.7 Å². The Kier molecular flexibility index (Phi) is 4.78. The molecule has 0 radical (unpaired) electrons. The number of halogens is 2. The van der Waals surface area contributed by atoms with Gasteiger partial charge in [0.15, 0.2) is 0 Å². The van der Waals surface area contributed by atoms with Crippen LogP contribution in [-0.4, -0.2) is 38.1 Å². The standard InChI is InChI=1S/C28H30F2N4O2/c29-19-3-5-22(30)21(9-19)23-2-1-7-33(23)20-4-6-25-31-14-24(34(25)15-20)26(35)32-27-10-17-8-18(11-27)13-28(36,12-17)16-27/h3-6,9,14-15,17-18,23,36H,1-2,7-8,10-13,16H2,(H,32,35)/t17-,18+,23?,27?,28?. The van der Waals surface area contributed by atoms with Gasteiger partial charge >= 0.3 is 0 Å². The molecule has 5 aliphatic rings. The lowest BCUT2D eigenvalue weighted by Crippen LogP contribution is -2.65. The van der Waals surface area contributed by atoms with Crippen molar-refractivity contribution in [1.82, 2.24) is 14.7 Å². The Morgan fingerprint density at radius 2 is 1.92 bits per heavy atom. The molecule has 4 aliphatic carbocycles. The average molecular weight is 493 g/mol. The zero-order valence-electron chi connectivity index (χ0n) is 20.1. The number of carbonyl (C=O) groups excluding carboxylic acids is 1. The van der Waals surface area contributed by atoms with Gasteiger partial charge in [0, 0.05) is 23.8 Å². The average Bonchev–Trinajstić information content (AvgIpc) is 3.45. The number of nitrogens with one attached hydrogen (secondary N) is 1. The molecule has 5 fully saturated rings. The number of amides is 1. The molecule has 1 amide bonds. The van der Waals surface area contributed by atoms with E-state index in [-0.39, 0.29) is 17.5 Å². The third kappa shape index (κ3) is 3.52. The first kappa shape index (κ1) is 22.2. The first-order chi connectivity index (χ1) is 17.3. The van der Waals surface area contributed by atoms with Gasteiger partial charge in [-0.1, -0.05) is 0 Å². The van der Waals surface area contributed by atoms with Crippen LogP contribution in [0.1, 0.15) is 73.5 Å². The molecule has 6 nitrogen and oxygen atoms in total. The lowest BCUT2D eigenvalue weighted by atomic mass is 9.51. The monoisotopic (exact) mass is 492 g/mol. The molecule has 1 aliphatic heterocycles. The van der Waals surface area contributed by atoms with Crippen LogP contribution in [0.3, 0.4) is 0 Å². The van der Waals surface area contributed by atoms with Crippen LogP contribution in [0.25, 0.3) is 5.65 Å². The summed E-state index contributed by atoms with van der Waals surface area (Å²) in [6.07, 6.45) is 10.4. The van der Waals surface area contributed by atoms with E-state index in [1.165, 1.54) is 12.1 Å². The van der Waals surface area contributed by atoms with Gasteiger partial charge in [0.1, 0.15) is 23.0 Å². The highest BCUT2D eigenvalue weighted by Gasteiger charge is 2.57. The summed E-state index contributed by atoms with van der Waals surface area (Å²) in [6.45, 7) is 0.715. The van der Waals surface area contributed by atoms with Gasteiger partial charge in [0.05, 0.1) is 23.5 Å². The van der Waals surface area contributed by atoms with Crippen molar-refractivity contribution in [2.24, 2.45) is 11.8 Å². The van der Waals surface area contributed by atoms with Crippen molar-refractivity contribution in [3.8, 4) is 0 Å². The summed E-state index contributed by atoms with van der Waals surface area (Å²) in [5, 5.41) is 14.4. The lowest BCUT2D eigenvalue weighted by Gasteiger charge is -2.60. The second-order valence-electron chi connectivity index (χ2n) is 11.7. The quantitative estimate of drug-likeness (QED) is 0.551. The lowest BCUT2D eigenvalue weighted by molar-refractivity contribution is -0.139. The van der Waals surface area contributed by atoms with Gasteiger partial charge in [-0.25, -0.2) is 13.8 Å². The van der Waals surface area contributed by atoms with E-state index in [0.717, 1.165) is 56.7 Å². The molecular formula is C28H30F2N4O2. The number of hydrogen-bond donors (Lipinski definition) is 2. The SMILES string of the molecule is O=C(NC12C[C@@H]3C[C@@H](CC(O)(C3)C1)C2)c1cnc2ccc(N3CCCC3c3cc(F)ccc3F)cn12. The minimum Gasteiger partial charge on any atom is -0.390 e. The third-order valence-corrected chi connectivity index (χ3v) is 9.03. The topological polar surface area (TPSA) is 69.9 Å². The summed E-state index contributed by atoms with van der Waals surface area (Å²) in [4.78, 5) is 20.1. The van der Waals surface area contributed by atoms with E-state index >= 15 is 0 Å². The number of pyridine rings is 1. The maximum absolute atomic E-state index is 14.6. The number of carbonyl (C=O) groups is 1. The molecular weight excluding hydrogens is 462 g/mol. The number of aliphatic hydroxyl groups is 1. The van der Waals surface area contributed by atoms with Crippen LogP contribution in [0.4, 0.5) is 14.5 Å². The van der Waals surface area contributed by atoms with Gasteiger partial charge in [-0.2, -0.15) is 0 Å². The number of rotatable bonds is 4. The van der Waals surface area contributed by atoms with Crippen LogP contribution >= 0.6 is 0 Å². The number of benzene rings is 1. The predicted molar refractivity (Wildman–Crippen MR) is 131 cm³/mol. The molecule has 8 rings (SSSR count). The Morgan fingerprint density at radius 3 is 2.69 bits per heavy atom. The fourth-order valence-electron chi connectivity index (χ4n) is 8.14. The normalized spacial score (nSPS) is 33.0. The molecule has 8 heteroatoms. The largest absolute Gasteiger partial charge is 0.390 e. The third-order valence-electron chi connectivity index (χ3n) is 9.03. The molecule has 3 heterocycles. The summed E-state index contributed by atoms with van der Waals surface area (Å²) in [5.41, 5.74) is 1.29. The molecule has 5 atom stereocenters.